The van der Waals surface area contributed by atoms with Crippen molar-refractivity contribution < 1.29 is 8.42 Å². The summed E-state index contributed by atoms with van der Waals surface area (Å²) in [6, 6.07) is 10.9. The van der Waals surface area contributed by atoms with Gasteiger partial charge in [-0.2, -0.15) is 0 Å². The molecule has 0 unspecified atom stereocenters. The second kappa shape index (κ2) is 4.47. The van der Waals surface area contributed by atoms with Crippen molar-refractivity contribution in [2.45, 2.75) is 11.8 Å². The normalized spacial score (nSPS) is 11.4. The van der Waals surface area contributed by atoms with Crippen molar-refractivity contribution in [1.82, 2.24) is 4.98 Å². The molecule has 0 N–H and O–H groups in total. The summed E-state index contributed by atoms with van der Waals surface area (Å²) < 4.78 is 22.1. The van der Waals surface area contributed by atoms with Crippen LogP contribution in [0.25, 0.3) is 11.3 Å². The molecule has 0 aliphatic rings. The fraction of sp³-hybridized carbons (Fsp3) is 0.0833. The third-order valence-corrected chi connectivity index (χ3v) is 3.70. The SMILES string of the molecule is Cc1ccc(-c2ccc(S(=O)(=O)Cl)cn2)cc1. The van der Waals surface area contributed by atoms with Crippen molar-refractivity contribution in [2.24, 2.45) is 0 Å². The monoisotopic (exact) mass is 267 g/mol. The lowest BCUT2D eigenvalue weighted by atomic mass is 10.1. The van der Waals surface area contributed by atoms with Crippen molar-refractivity contribution in [3.05, 3.63) is 48.2 Å². The summed E-state index contributed by atoms with van der Waals surface area (Å²) in [5, 5.41) is 0. The Kier molecular flexibility index (Phi) is 3.17. The Balaban J connectivity index is 2.39. The summed E-state index contributed by atoms with van der Waals surface area (Å²) in [4.78, 5) is 4.09. The highest BCUT2D eigenvalue weighted by molar-refractivity contribution is 8.13. The van der Waals surface area contributed by atoms with Crippen LogP contribution in [0.15, 0.2) is 47.5 Å². The molecule has 5 heteroatoms. The number of hydrogen-bond acceptors (Lipinski definition) is 3. The van der Waals surface area contributed by atoms with Crippen molar-refractivity contribution in [2.75, 3.05) is 0 Å². The molecule has 0 aliphatic heterocycles. The summed E-state index contributed by atoms with van der Waals surface area (Å²) in [6.07, 6.45) is 1.26. The lowest BCUT2D eigenvalue weighted by Gasteiger charge is -2.02. The molecule has 3 nitrogen and oxygen atoms in total. The standard InChI is InChI=1S/C12H10ClNO2S/c1-9-2-4-10(5-3-9)12-7-6-11(8-14-12)17(13,15)16/h2-8H,1H3. The van der Waals surface area contributed by atoms with Gasteiger partial charge in [0.25, 0.3) is 9.05 Å². The van der Waals surface area contributed by atoms with Gasteiger partial charge < -0.3 is 0 Å². The number of benzene rings is 1. The van der Waals surface area contributed by atoms with Crippen molar-refractivity contribution >= 4 is 19.7 Å². The molecule has 0 radical (unpaired) electrons. The first-order valence-electron chi connectivity index (χ1n) is 4.94. The Bertz CT molecular complexity index is 619. The summed E-state index contributed by atoms with van der Waals surface area (Å²) >= 11 is 0. The van der Waals surface area contributed by atoms with Crippen molar-refractivity contribution in [3.63, 3.8) is 0 Å². The lowest BCUT2D eigenvalue weighted by molar-refractivity contribution is 0.609. The number of rotatable bonds is 2. The minimum absolute atomic E-state index is 0.00929. The third kappa shape index (κ3) is 2.84. The van der Waals surface area contributed by atoms with E-state index in [2.05, 4.69) is 4.98 Å². The molecule has 2 rings (SSSR count). The van der Waals surface area contributed by atoms with E-state index in [1.165, 1.54) is 12.3 Å². The molecule has 0 spiro atoms. The molecular formula is C12H10ClNO2S. The molecule has 1 aromatic carbocycles. The molecule has 17 heavy (non-hydrogen) atoms. The fourth-order valence-corrected chi connectivity index (χ4v) is 2.10. The van der Waals surface area contributed by atoms with Gasteiger partial charge in [-0.15, -0.1) is 0 Å². The minimum Gasteiger partial charge on any atom is -0.255 e. The molecule has 0 atom stereocenters. The third-order valence-electron chi connectivity index (χ3n) is 2.37. The minimum atomic E-state index is -3.70. The Morgan fingerprint density at radius 3 is 2.18 bits per heavy atom. The van der Waals surface area contributed by atoms with E-state index < -0.39 is 9.05 Å². The summed E-state index contributed by atoms with van der Waals surface area (Å²) in [5.74, 6) is 0. The van der Waals surface area contributed by atoms with Crippen LogP contribution >= 0.6 is 10.7 Å². The lowest BCUT2D eigenvalue weighted by Crippen LogP contribution is -1.92. The van der Waals surface area contributed by atoms with Gasteiger partial charge in [-0.3, -0.25) is 4.98 Å². The molecule has 1 aromatic heterocycles. The molecule has 0 bridgehead atoms. The van der Waals surface area contributed by atoms with Crippen LogP contribution < -0.4 is 0 Å². The van der Waals surface area contributed by atoms with Crippen LogP contribution in [0.1, 0.15) is 5.56 Å². The predicted octanol–water partition coefficient (Wildman–Crippen LogP) is 2.98. The molecule has 0 aliphatic carbocycles. The van der Waals surface area contributed by atoms with Gasteiger partial charge in [0.15, 0.2) is 0 Å². The molecule has 0 saturated carbocycles. The highest BCUT2D eigenvalue weighted by Gasteiger charge is 2.10. The smallest absolute Gasteiger partial charge is 0.255 e. The first-order chi connectivity index (χ1) is 7.97. The number of hydrogen-bond donors (Lipinski definition) is 0. The first-order valence-corrected chi connectivity index (χ1v) is 7.25. The molecular weight excluding hydrogens is 258 g/mol. The van der Waals surface area contributed by atoms with Crippen molar-refractivity contribution in [3.8, 4) is 11.3 Å². The molecule has 0 saturated heterocycles. The van der Waals surface area contributed by atoms with Gasteiger partial charge in [-0.1, -0.05) is 29.8 Å². The molecule has 88 valence electrons. The number of halogens is 1. The van der Waals surface area contributed by atoms with Crippen LogP contribution in [0.3, 0.4) is 0 Å². The van der Waals surface area contributed by atoms with Gasteiger partial charge in [-0.05, 0) is 19.1 Å². The van der Waals surface area contributed by atoms with Gasteiger partial charge >= 0.3 is 0 Å². The average molecular weight is 268 g/mol. The van der Waals surface area contributed by atoms with Gasteiger partial charge in [0.2, 0.25) is 0 Å². The zero-order valence-corrected chi connectivity index (χ0v) is 10.7. The zero-order valence-electron chi connectivity index (χ0n) is 9.09. The number of aryl methyl sites for hydroxylation is 1. The Morgan fingerprint density at radius 2 is 1.71 bits per heavy atom. The van der Waals surface area contributed by atoms with Crippen LogP contribution in [0, 0.1) is 6.92 Å². The second-order valence-corrected chi connectivity index (χ2v) is 6.25. The summed E-state index contributed by atoms with van der Waals surface area (Å²) in [6.45, 7) is 2.00. The van der Waals surface area contributed by atoms with E-state index >= 15 is 0 Å². The Hall–Kier alpha value is -1.39. The van der Waals surface area contributed by atoms with Gasteiger partial charge in [0.1, 0.15) is 4.90 Å². The van der Waals surface area contributed by atoms with E-state index in [0.717, 1.165) is 11.1 Å². The quantitative estimate of drug-likeness (QED) is 0.786. The number of aromatic nitrogens is 1. The van der Waals surface area contributed by atoms with E-state index in [0.29, 0.717) is 5.69 Å². The van der Waals surface area contributed by atoms with E-state index in [1.54, 1.807) is 6.07 Å². The van der Waals surface area contributed by atoms with Gasteiger partial charge in [-0.25, -0.2) is 8.42 Å². The van der Waals surface area contributed by atoms with E-state index in [-0.39, 0.29) is 4.90 Å². The van der Waals surface area contributed by atoms with Crippen molar-refractivity contribution in [1.29, 1.82) is 0 Å². The molecule has 2 aromatic rings. The van der Waals surface area contributed by atoms with E-state index in [4.69, 9.17) is 10.7 Å². The average Bonchev–Trinajstić information content (AvgIpc) is 2.29. The topological polar surface area (TPSA) is 47.0 Å². The second-order valence-electron chi connectivity index (χ2n) is 3.68. The predicted molar refractivity (Wildman–Crippen MR) is 67.4 cm³/mol. The first kappa shape index (κ1) is 12.1. The van der Waals surface area contributed by atoms with E-state index in [1.807, 2.05) is 31.2 Å². The maximum absolute atomic E-state index is 11.1. The molecule has 0 fully saturated rings. The Labute approximate surface area is 105 Å². The summed E-state index contributed by atoms with van der Waals surface area (Å²) in [7, 11) is 1.51. The highest BCUT2D eigenvalue weighted by Crippen LogP contribution is 2.20. The Morgan fingerprint density at radius 1 is 1.06 bits per heavy atom. The number of pyridine rings is 1. The van der Waals surface area contributed by atoms with E-state index in [9.17, 15) is 8.42 Å². The van der Waals surface area contributed by atoms with Crippen LogP contribution in [0.2, 0.25) is 0 Å². The van der Waals surface area contributed by atoms with Gasteiger partial charge in [0, 0.05) is 22.4 Å². The zero-order chi connectivity index (χ0) is 12.5. The maximum Gasteiger partial charge on any atom is 0.262 e. The fourth-order valence-electron chi connectivity index (χ4n) is 1.42. The summed E-state index contributed by atoms with van der Waals surface area (Å²) in [5.41, 5.74) is 2.82. The van der Waals surface area contributed by atoms with Crippen LogP contribution in [-0.2, 0) is 9.05 Å². The highest BCUT2D eigenvalue weighted by atomic mass is 35.7. The number of nitrogens with zero attached hydrogens (tertiary/aromatic N) is 1. The van der Waals surface area contributed by atoms with Crippen LogP contribution in [0.5, 0.6) is 0 Å². The van der Waals surface area contributed by atoms with Gasteiger partial charge in [0.05, 0.1) is 5.69 Å². The van der Waals surface area contributed by atoms with Crippen LogP contribution in [-0.4, -0.2) is 13.4 Å². The molecule has 0 amide bonds. The van der Waals surface area contributed by atoms with Crippen LogP contribution in [0.4, 0.5) is 0 Å². The molecule has 1 heterocycles. The maximum atomic E-state index is 11.1. The largest absolute Gasteiger partial charge is 0.262 e.